The fourth-order valence-electron chi connectivity index (χ4n) is 1.26. The number of aliphatic hydroxyl groups is 2. The monoisotopic (exact) mass is 263 g/mol. The van der Waals surface area contributed by atoms with Crippen molar-refractivity contribution in [1.29, 1.82) is 0 Å². The van der Waals surface area contributed by atoms with Crippen molar-refractivity contribution in [3.63, 3.8) is 0 Å². The summed E-state index contributed by atoms with van der Waals surface area (Å²) in [7, 11) is -4.16. The summed E-state index contributed by atoms with van der Waals surface area (Å²) in [5.41, 5.74) is 0. The Morgan fingerprint density at radius 2 is 1.62 bits per heavy atom. The molecule has 0 saturated carbocycles. The molecule has 0 aromatic rings. The van der Waals surface area contributed by atoms with Gasteiger partial charge in [0.25, 0.3) is 0 Å². The molecule has 2 unspecified atom stereocenters. The van der Waals surface area contributed by atoms with Crippen molar-refractivity contribution in [2.75, 3.05) is 12.3 Å². The second-order valence-electron chi connectivity index (χ2n) is 3.47. The molecule has 0 aromatic carbocycles. The second kappa shape index (κ2) is 8.82. The number of unbranched alkanes of at least 4 members (excludes halogenated alkanes) is 1. The first-order valence-electron chi connectivity index (χ1n) is 4.79. The minimum Gasteiger partial charge on any atom is -0.748 e. The number of hydrogen-bond acceptors (Lipinski definition) is 6. The van der Waals surface area contributed by atoms with Crippen LogP contribution in [-0.2, 0) is 10.1 Å². The van der Waals surface area contributed by atoms with Gasteiger partial charge in [0.2, 0.25) is 0 Å². The van der Waals surface area contributed by atoms with Crippen LogP contribution in [0.5, 0.6) is 0 Å². The molecule has 0 aromatic heterocycles. The summed E-state index contributed by atoms with van der Waals surface area (Å²) >= 11 is 0. The third kappa shape index (κ3) is 9.98. The topological polar surface area (TPSA) is 101 Å². The molecule has 0 aliphatic heterocycles. The van der Waals surface area contributed by atoms with E-state index in [4.69, 9.17) is 0 Å². The first-order chi connectivity index (χ1) is 6.74. The first kappa shape index (κ1) is 19.1. The Hall–Kier alpha value is 0.790. The fourth-order valence-corrected chi connectivity index (χ4v) is 1.82. The number of hydrogen-bond donors (Lipinski definition) is 2. The van der Waals surface area contributed by atoms with Crippen molar-refractivity contribution in [1.82, 2.24) is 4.90 Å². The van der Waals surface area contributed by atoms with E-state index in [0.29, 0.717) is 13.0 Å². The van der Waals surface area contributed by atoms with Gasteiger partial charge in [0.1, 0.15) is 12.5 Å². The molecular formula is C8H18NNaO5S. The Balaban J connectivity index is 0. The van der Waals surface area contributed by atoms with Gasteiger partial charge in [-0.25, -0.2) is 8.42 Å². The van der Waals surface area contributed by atoms with Crippen molar-refractivity contribution in [3.8, 4) is 0 Å². The van der Waals surface area contributed by atoms with Crippen LogP contribution >= 0.6 is 0 Å². The van der Waals surface area contributed by atoms with E-state index in [1.54, 1.807) is 0 Å². The van der Waals surface area contributed by atoms with E-state index in [1.165, 1.54) is 18.7 Å². The van der Waals surface area contributed by atoms with Gasteiger partial charge in [-0.1, -0.05) is 0 Å². The van der Waals surface area contributed by atoms with Crippen LogP contribution < -0.4 is 29.6 Å². The van der Waals surface area contributed by atoms with Gasteiger partial charge in [-0.3, -0.25) is 4.90 Å². The van der Waals surface area contributed by atoms with Crippen LogP contribution in [-0.4, -0.2) is 52.8 Å². The zero-order valence-corrected chi connectivity index (χ0v) is 12.8. The summed E-state index contributed by atoms with van der Waals surface area (Å²) in [5, 5.41) is 18.5. The van der Waals surface area contributed by atoms with Crippen LogP contribution in [0.4, 0.5) is 0 Å². The molecule has 0 radical (unpaired) electrons. The SMILES string of the molecule is CC(O)N(CCCCS(=O)(=O)[O-])C(C)O.[Na+]. The van der Waals surface area contributed by atoms with Gasteiger partial charge in [0, 0.05) is 12.3 Å². The van der Waals surface area contributed by atoms with Gasteiger partial charge in [0.15, 0.2) is 0 Å². The molecule has 6 nitrogen and oxygen atoms in total. The van der Waals surface area contributed by atoms with Gasteiger partial charge < -0.3 is 14.8 Å². The third-order valence-corrected chi connectivity index (χ3v) is 2.81. The maximum absolute atomic E-state index is 10.3. The average Bonchev–Trinajstić information content (AvgIpc) is 2.00. The molecule has 0 heterocycles. The molecule has 0 amide bonds. The third-order valence-electron chi connectivity index (χ3n) is 2.02. The largest absolute Gasteiger partial charge is 1.00 e. The molecule has 0 bridgehead atoms. The van der Waals surface area contributed by atoms with Gasteiger partial charge >= 0.3 is 29.6 Å². The molecule has 92 valence electrons. The van der Waals surface area contributed by atoms with Crippen molar-refractivity contribution in [2.24, 2.45) is 0 Å². The summed E-state index contributed by atoms with van der Waals surface area (Å²) in [4.78, 5) is 1.40. The van der Waals surface area contributed by atoms with Crippen molar-refractivity contribution in [3.05, 3.63) is 0 Å². The van der Waals surface area contributed by atoms with Crippen molar-refractivity contribution < 1.29 is 52.7 Å². The van der Waals surface area contributed by atoms with Gasteiger partial charge in [-0.2, -0.15) is 0 Å². The molecule has 2 atom stereocenters. The molecule has 0 rings (SSSR count). The molecular weight excluding hydrogens is 245 g/mol. The summed E-state index contributed by atoms with van der Waals surface area (Å²) < 4.78 is 30.8. The zero-order chi connectivity index (χ0) is 12.1. The summed E-state index contributed by atoms with van der Waals surface area (Å²) in [6.07, 6.45) is -0.915. The Kier molecular flexibility index (Phi) is 10.5. The van der Waals surface area contributed by atoms with Crippen LogP contribution in [0.3, 0.4) is 0 Å². The van der Waals surface area contributed by atoms with E-state index in [1.807, 2.05) is 0 Å². The Labute approximate surface area is 119 Å². The molecule has 16 heavy (non-hydrogen) atoms. The van der Waals surface area contributed by atoms with Crippen LogP contribution in [0.15, 0.2) is 0 Å². The maximum Gasteiger partial charge on any atom is 1.00 e. The van der Waals surface area contributed by atoms with Crippen LogP contribution in [0.2, 0.25) is 0 Å². The predicted octanol–water partition coefficient (Wildman–Crippen LogP) is -3.71. The van der Waals surface area contributed by atoms with E-state index < -0.39 is 28.3 Å². The molecule has 0 aliphatic carbocycles. The Bertz CT molecular complexity index is 260. The normalized spacial score (nSPS) is 15.6. The molecule has 0 aliphatic rings. The van der Waals surface area contributed by atoms with E-state index in [0.717, 1.165) is 0 Å². The quantitative estimate of drug-likeness (QED) is 0.212. The van der Waals surface area contributed by atoms with Gasteiger partial charge in [-0.05, 0) is 26.7 Å². The van der Waals surface area contributed by atoms with Crippen LogP contribution in [0.1, 0.15) is 26.7 Å². The van der Waals surface area contributed by atoms with Gasteiger partial charge in [0.05, 0.1) is 10.1 Å². The van der Waals surface area contributed by atoms with E-state index in [-0.39, 0.29) is 36.0 Å². The standard InChI is InChI=1S/C8H19NO5S.Na/c1-7(10)9(8(2)11)5-3-4-6-15(12,13)14;/h7-8,10-11H,3-6H2,1-2H3,(H,12,13,14);/q;+1/p-1. The van der Waals surface area contributed by atoms with E-state index >= 15 is 0 Å². The predicted molar refractivity (Wildman–Crippen MR) is 53.9 cm³/mol. The Morgan fingerprint density at radius 1 is 1.19 bits per heavy atom. The van der Waals surface area contributed by atoms with Crippen molar-refractivity contribution >= 4 is 10.1 Å². The van der Waals surface area contributed by atoms with E-state index in [2.05, 4.69) is 0 Å². The second-order valence-corrected chi connectivity index (χ2v) is 4.99. The number of nitrogens with zero attached hydrogens (tertiary/aromatic N) is 1. The molecule has 2 N–H and O–H groups in total. The summed E-state index contributed by atoms with van der Waals surface area (Å²) in [6, 6.07) is 0. The average molecular weight is 263 g/mol. The summed E-state index contributed by atoms with van der Waals surface area (Å²) in [5.74, 6) is -0.402. The Morgan fingerprint density at radius 3 is 1.94 bits per heavy atom. The molecule has 0 saturated heterocycles. The minimum absolute atomic E-state index is 0. The maximum atomic E-state index is 10.3. The smallest absolute Gasteiger partial charge is 0.748 e. The fraction of sp³-hybridized carbons (Fsp3) is 1.00. The first-order valence-corrected chi connectivity index (χ1v) is 6.37. The van der Waals surface area contributed by atoms with Crippen LogP contribution in [0.25, 0.3) is 0 Å². The van der Waals surface area contributed by atoms with Crippen LogP contribution in [0, 0.1) is 0 Å². The molecule has 0 fully saturated rings. The molecule has 0 spiro atoms. The van der Waals surface area contributed by atoms with Gasteiger partial charge in [-0.15, -0.1) is 0 Å². The zero-order valence-electron chi connectivity index (χ0n) is 9.96. The molecule has 8 heteroatoms. The van der Waals surface area contributed by atoms with Crippen molar-refractivity contribution in [2.45, 2.75) is 39.1 Å². The number of rotatable bonds is 7. The summed E-state index contributed by atoms with van der Waals surface area (Å²) in [6.45, 7) is 3.37. The van der Waals surface area contributed by atoms with E-state index in [9.17, 15) is 23.2 Å². The minimum atomic E-state index is -4.16. The number of aliphatic hydroxyl groups excluding tert-OH is 2.